The molecule has 0 unspecified atom stereocenters. The van der Waals surface area contributed by atoms with Crippen molar-refractivity contribution >= 4 is 11.9 Å². The third kappa shape index (κ3) is 4.62. The van der Waals surface area contributed by atoms with E-state index in [1.54, 1.807) is 24.7 Å². The second-order valence-electron chi connectivity index (χ2n) is 7.02. The van der Waals surface area contributed by atoms with Crippen molar-refractivity contribution in [1.29, 1.82) is 0 Å². The van der Waals surface area contributed by atoms with E-state index in [-0.39, 0.29) is 5.91 Å². The summed E-state index contributed by atoms with van der Waals surface area (Å²) >= 11 is 0. The molecule has 0 spiro atoms. The monoisotopic (exact) mass is 395 g/mol. The highest BCUT2D eigenvalue weighted by Gasteiger charge is 2.22. The highest BCUT2D eigenvalue weighted by Crippen LogP contribution is 2.23. The minimum atomic E-state index is 0.167. The Bertz CT molecular complexity index is 929. The molecule has 9 heteroatoms. The van der Waals surface area contributed by atoms with Crippen LogP contribution in [0.4, 0.5) is 5.95 Å². The van der Waals surface area contributed by atoms with Crippen LogP contribution < -0.4 is 10.2 Å². The second kappa shape index (κ2) is 8.87. The number of hydrogen-bond donors (Lipinski definition) is 2. The number of hydrogen-bond acceptors (Lipinski definition) is 7. The fraction of sp³-hybridized carbons (Fsp3) is 0.400. The Morgan fingerprint density at radius 1 is 1.21 bits per heavy atom. The molecular formula is C20H25N7O2. The van der Waals surface area contributed by atoms with Crippen LogP contribution in [0.1, 0.15) is 17.7 Å². The van der Waals surface area contributed by atoms with Crippen LogP contribution in [0.2, 0.25) is 0 Å². The number of aryl methyl sites for hydroxylation is 1. The van der Waals surface area contributed by atoms with Crippen molar-refractivity contribution in [3.8, 4) is 11.5 Å². The van der Waals surface area contributed by atoms with Crippen molar-refractivity contribution in [2.24, 2.45) is 0 Å². The summed E-state index contributed by atoms with van der Waals surface area (Å²) in [6.45, 7) is 6.05. The lowest BCUT2D eigenvalue weighted by Crippen LogP contribution is -2.49. The van der Waals surface area contributed by atoms with Crippen LogP contribution in [-0.2, 0) is 11.3 Å². The van der Waals surface area contributed by atoms with Gasteiger partial charge in [-0.1, -0.05) is 0 Å². The third-order valence-corrected chi connectivity index (χ3v) is 5.00. The van der Waals surface area contributed by atoms with Crippen LogP contribution >= 0.6 is 0 Å². The smallest absolute Gasteiger partial charge is 0.225 e. The van der Waals surface area contributed by atoms with Gasteiger partial charge in [-0.2, -0.15) is 5.10 Å². The number of carbonyl (C=O) groups excluding carboxylic acids is 1. The molecule has 0 radical (unpaired) electrons. The van der Waals surface area contributed by atoms with Crippen LogP contribution in [0, 0.1) is 6.92 Å². The number of rotatable bonds is 7. The van der Waals surface area contributed by atoms with Gasteiger partial charge in [0, 0.05) is 63.6 Å². The van der Waals surface area contributed by atoms with Crippen molar-refractivity contribution < 1.29 is 9.21 Å². The van der Waals surface area contributed by atoms with Crippen LogP contribution in [-0.4, -0.2) is 63.7 Å². The SMILES string of the molecule is Cc1ccc(-c2[nH]ncc2CNCCC(=O)N2CCN(c3ncccn3)CC2)o1. The van der Waals surface area contributed by atoms with Crippen molar-refractivity contribution in [3.05, 3.63) is 48.1 Å². The number of piperazine rings is 1. The molecule has 1 amide bonds. The van der Waals surface area contributed by atoms with Crippen molar-refractivity contribution in [1.82, 2.24) is 30.4 Å². The molecule has 1 fully saturated rings. The van der Waals surface area contributed by atoms with E-state index < -0.39 is 0 Å². The maximum absolute atomic E-state index is 12.5. The molecule has 4 heterocycles. The molecule has 1 aliphatic rings. The maximum atomic E-state index is 12.5. The maximum Gasteiger partial charge on any atom is 0.225 e. The first-order valence-corrected chi connectivity index (χ1v) is 9.80. The molecular weight excluding hydrogens is 370 g/mol. The average Bonchev–Trinajstić information content (AvgIpc) is 3.40. The normalized spacial score (nSPS) is 14.4. The van der Waals surface area contributed by atoms with Crippen molar-refractivity contribution in [3.63, 3.8) is 0 Å². The summed E-state index contributed by atoms with van der Waals surface area (Å²) in [5.41, 5.74) is 1.89. The first-order valence-electron chi connectivity index (χ1n) is 9.80. The number of aromatic amines is 1. The summed E-state index contributed by atoms with van der Waals surface area (Å²) in [5.74, 6) is 2.52. The Kier molecular flexibility index (Phi) is 5.85. The average molecular weight is 395 g/mol. The van der Waals surface area contributed by atoms with Crippen LogP contribution in [0.25, 0.3) is 11.5 Å². The van der Waals surface area contributed by atoms with Gasteiger partial charge in [-0.05, 0) is 25.1 Å². The van der Waals surface area contributed by atoms with Gasteiger partial charge in [0.1, 0.15) is 11.5 Å². The molecule has 3 aromatic rings. The highest BCUT2D eigenvalue weighted by atomic mass is 16.3. The van der Waals surface area contributed by atoms with E-state index in [1.807, 2.05) is 24.0 Å². The van der Waals surface area contributed by atoms with E-state index in [0.717, 1.165) is 41.8 Å². The summed E-state index contributed by atoms with van der Waals surface area (Å²) in [7, 11) is 0. The van der Waals surface area contributed by atoms with E-state index in [4.69, 9.17) is 4.42 Å². The fourth-order valence-electron chi connectivity index (χ4n) is 3.41. The lowest BCUT2D eigenvalue weighted by atomic mass is 10.2. The first kappa shape index (κ1) is 19.1. The quantitative estimate of drug-likeness (QED) is 0.586. The number of anilines is 1. The van der Waals surface area contributed by atoms with E-state index in [1.165, 1.54) is 0 Å². The van der Waals surface area contributed by atoms with Gasteiger partial charge in [0.25, 0.3) is 0 Å². The molecule has 0 aromatic carbocycles. The lowest BCUT2D eigenvalue weighted by Gasteiger charge is -2.34. The van der Waals surface area contributed by atoms with Crippen molar-refractivity contribution in [2.45, 2.75) is 19.9 Å². The van der Waals surface area contributed by atoms with E-state index in [2.05, 4.69) is 30.4 Å². The number of furan rings is 1. The summed E-state index contributed by atoms with van der Waals surface area (Å²) in [4.78, 5) is 25.1. The van der Waals surface area contributed by atoms with Gasteiger partial charge in [-0.25, -0.2) is 9.97 Å². The van der Waals surface area contributed by atoms with Gasteiger partial charge in [0.2, 0.25) is 11.9 Å². The Morgan fingerprint density at radius 2 is 2.00 bits per heavy atom. The van der Waals surface area contributed by atoms with E-state index >= 15 is 0 Å². The number of H-pyrrole nitrogens is 1. The standard InChI is InChI=1S/C20H25N7O2/c1-15-3-4-17(29-15)19-16(14-24-25-19)13-21-8-5-18(28)26-9-11-27(12-10-26)20-22-6-2-7-23-20/h2-4,6-7,14,21H,5,8-13H2,1H3,(H,24,25). The van der Waals surface area contributed by atoms with Gasteiger partial charge in [-0.15, -0.1) is 0 Å². The topological polar surface area (TPSA) is 103 Å². The molecule has 1 saturated heterocycles. The zero-order valence-corrected chi connectivity index (χ0v) is 16.5. The molecule has 152 valence electrons. The minimum absolute atomic E-state index is 0.167. The Labute approximate surface area is 169 Å². The summed E-state index contributed by atoms with van der Waals surface area (Å²) < 4.78 is 5.66. The lowest BCUT2D eigenvalue weighted by molar-refractivity contribution is -0.131. The van der Waals surface area contributed by atoms with Gasteiger partial charge >= 0.3 is 0 Å². The zero-order chi connectivity index (χ0) is 20.1. The van der Waals surface area contributed by atoms with Crippen LogP contribution in [0.15, 0.2) is 41.2 Å². The molecule has 1 aliphatic heterocycles. The molecule has 0 aliphatic carbocycles. The predicted octanol–water partition coefficient (Wildman–Crippen LogP) is 1.60. The van der Waals surface area contributed by atoms with Gasteiger partial charge in [-0.3, -0.25) is 9.89 Å². The first-order chi connectivity index (χ1) is 14.2. The Hall–Kier alpha value is -3.20. The molecule has 2 N–H and O–H groups in total. The Balaban J connectivity index is 1.20. The molecule has 29 heavy (non-hydrogen) atoms. The Morgan fingerprint density at radius 3 is 2.72 bits per heavy atom. The number of nitrogens with one attached hydrogen (secondary N) is 2. The zero-order valence-electron chi connectivity index (χ0n) is 16.5. The van der Waals surface area contributed by atoms with Gasteiger partial charge in [0.05, 0.1) is 6.20 Å². The fourth-order valence-corrected chi connectivity index (χ4v) is 3.41. The number of amides is 1. The summed E-state index contributed by atoms with van der Waals surface area (Å²) in [6.07, 6.45) is 5.73. The molecule has 9 nitrogen and oxygen atoms in total. The summed E-state index contributed by atoms with van der Waals surface area (Å²) in [5, 5.41) is 10.4. The molecule has 3 aromatic heterocycles. The second-order valence-corrected chi connectivity index (χ2v) is 7.02. The molecule has 0 saturated carbocycles. The van der Waals surface area contributed by atoms with E-state index in [0.29, 0.717) is 32.6 Å². The number of aromatic nitrogens is 4. The third-order valence-electron chi connectivity index (χ3n) is 5.00. The van der Waals surface area contributed by atoms with E-state index in [9.17, 15) is 4.79 Å². The van der Waals surface area contributed by atoms with Gasteiger partial charge in [0.15, 0.2) is 5.76 Å². The number of nitrogens with zero attached hydrogens (tertiary/aromatic N) is 5. The molecule has 4 rings (SSSR count). The number of carbonyl (C=O) groups is 1. The van der Waals surface area contributed by atoms with Crippen LogP contribution in [0.5, 0.6) is 0 Å². The minimum Gasteiger partial charge on any atom is -0.460 e. The highest BCUT2D eigenvalue weighted by molar-refractivity contribution is 5.76. The molecule has 0 atom stereocenters. The molecule has 0 bridgehead atoms. The largest absolute Gasteiger partial charge is 0.460 e. The van der Waals surface area contributed by atoms with Crippen molar-refractivity contribution in [2.75, 3.05) is 37.6 Å². The van der Waals surface area contributed by atoms with Gasteiger partial charge < -0.3 is 19.5 Å². The van der Waals surface area contributed by atoms with Crippen LogP contribution in [0.3, 0.4) is 0 Å². The predicted molar refractivity (Wildman–Crippen MR) is 108 cm³/mol. The summed E-state index contributed by atoms with van der Waals surface area (Å²) in [6, 6.07) is 5.66.